The fraction of sp³-hybridized carbons (Fsp3) is 0.917. The van der Waals surface area contributed by atoms with Crippen molar-refractivity contribution in [2.45, 2.75) is 46.0 Å². The largest absolute Gasteiger partial charge is 0.343 e. The number of nitrogens with zero attached hydrogens (tertiary/aromatic N) is 1. The van der Waals surface area contributed by atoms with E-state index < -0.39 is 0 Å². The van der Waals surface area contributed by atoms with Crippen molar-refractivity contribution in [3.8, 4) is 0 Å². The Balaban J connectivity index is 2.44. The number of rotatable bonds is 4. The van der Waals surface area contributed by atoms with Gasteiger partial charge < -0.3 is 4.90 Å². The molecule has 1 rings (SSSR count). The molecule has 0 aromatic rings. The fourth-order valence-corrected chi connectivity index (χ4v) is 2.77. The van der Waals surface area contributed by atoms with Gasteiger partial charge in [0.1, 0.15) is 0 Å². The van der Waals surface area contributed by atoms with Gasteiger partial charge in [0, 0.05) is 24.8 Å². The molecular formula is C12H22BrNO. The SMILES string of the molecule is CCC1(CC)CCN(C(=O)CCBr)CC1. The van der Waals surface area contributed by atoms with Crippen LogP contribution in [-0.4, -0.2) is 29.2 Å². The molecule has 0 radical (unpaired) electrons. The van der Waals surface area contributed by atoms with Crippen molar-refractivity contribution >= 4 is 21.8 Å². The predicted molar refractivity (Wildman–Crippen MR) is 67.2 cm³/mol. The minimum absolute atomic E-state index is 0.313. The molecule has 1 heterocycles. The standard InChI is InChI=1S/C12H22BrNO/c1-3-12(4-2)6-9-14(10-7-12)11(15)5-8-13/h3-10H2,1-2H3. The van der Waals surface area contributed by atoms with Crippen molar-refractivity contribution in [1.82, 2.24) is 4.90 Å². The van der Waals surface area contributed by atoms with E-state index in [2.05, 4.69) is 29.8 Å². The zero-order valence-electron chi connectivity index (χ0n) is 9.89. The van der Waals surface area contributed by atoms with Crippen molar-refractivity contribution < 1.29 is 4.79 Å². The molecule has 1 aliphatic rings. The molecule has 0 atom stereocenters. The lowest BCUT2D eigenvalue weighted by atomic mass is 9.74. The summed E-state index contributed by atoms with van der Waals surface area (Å²) in [5.74, 6) is 0.313. The van der Waals surface area contributed by atoms with E-state index in [-0.39, 0.29) is 0 Å². The first-order chi connectivity index (χ1) is 7.17. The monoisotopic (exact) mass is 275 g/mol. The molecule has 0 aromatic heterocycles. The van der Waals surface area contributed by atoms with Gasteiger partial charge in [-0.1, -0.05) is 42.6 Å². The summed E-state index contributed by atoms with van der Waals surface area (Å²) in [6, 6.07) is 0. The minimum Gasteiger partial charge on any atom is -0.343 e. The first-order valence-electron chi connectivity index (χ1n) is 6.01. The zero-order valence-corrected chi connectivity index (χ0v) is 11.5. The number of likely N-dealkylation sites (tertiary alicyclic amines) is 1. The second-order valence-corrected chi connectivity index (χ2v) is 5.32. The maximum absolute atomic E-state index is 11.7. The molecule has 1 amide bonds. The van der Waals surface area contributed by atoms with Crippen LogP contribution in [0.25, 0.3) is 0 Å². The van der Waals surface area contributed by atoms with Gasteiger partial charge in [0.2, 0.25) is 5.91 Å². The smallest absolute Gasteiger partial charge is 0.223 e. The number of hydrogen-bond donors (Lipinski definition) is 0. The number of carbonyl (C=O) groups excluding carboxylic acids is 1. The van der Waals surface area contributed by atoms with Gasteiger partial charge in [-0.05, 0) is 18.3 Å². The molecule has 3 heteroatoms. The van der Waals surface area contributed by atoms with E-state index in [0.717, 1.165) is 18.4 Å². The van der Waals surface area contributed by atoms with E-state index in [9.17, 15) is 4.79 Å². The summed E-state index contributed by atoms with van der Waals surface area (Å²) in [6.45, 7) is 6.49. The quantitative estimate of drug-likeness (QED) is 0.722. The molecule has 88 valence electrons. The van der Waals surface area contributed by atoms with E-state index in [1.165, 1.54) is 25.7 Å². The summed E-state index contributed by atoms with van der Waals surface area (Å²) >= 11 is 3.32. The molecule has 0 saturated carbocycles. The highest BCUT2D eigenvalue weighted by molar-refractivity contribution is 9.09. The van der Waals surface area contributed by atoms with Gasteiger partial charge in [0.15, 0.2) is 0 Å². The molecule has 0 aromatic carbocycles. The summed E-state index contributed by atoms with van der Waals surface area (Å²) in [7, 11) is 0. The van der Waals surface area contributed by atoms with Crippen molar-refractivity contribution in [3.63, 3.8) is 0 Å². The molecule has 0 bridgehead atoms. The van der Waals surface area contributed by atoms with E-state index in [1.807, 2.05) is 4.90 Å². The Kier molecular flexibility index (Phi) is 5.10. The van der Waals surface area contributed by atoms with Crippen LogP contribution in [0.1, 0.15) is 46.0 Å². The summed E-state index contributed by atoms with van der Waals surface area (Å²) in [6.07, 6.45) is 5.53. The Morgan fingerprint density at radius 3 is 2.20 bits per heavy atom. The van der Waals surface area contributed by atoms with Gasteiger partial charge >= 0.3 is 0 Å². The fourth-order valence-electron chi connectivity index (χ4n) is 2.43. The lowest BCUT2D eigenvalue weighted by Crippen LogP contribution is -2.42. The maximum Gasteiger partial charge on any atom is 0.223 e. The third kappa shape index (κ3) is 3.20. The van der Waals surface area contributed by atoms with E-state index in [4.69, 9.17) is 0 Å². The average Bonchev–Trinajstić information content (AvgIpc) is 2.29. The van der Waals surface area contributed by atoms with E-state index in [1.54, 1.807) is 0 Å². The Morgan fingerprint density at radius 2 is 1.80 bits per heavy atom. The van der Waals surface area contributed by atoms with Crippen LogP contribution in [0.15, 0.2) is 0 Å². The highest BCUT2D eigenvalue weighted by atomic mass is 79.9. The molecule has 0 N–H and O–H groups in total. The van der Waals surface area contributed by atoms with Crippen molar-refractivity contribution in [1.29, 1.82) is 0 Å². The van der Waals surface area contributed by atoms with Crippen LogP contribution in [0.4, 0.5) is 0 Å². The summed E-state index contributed by atoms with van der Waals surface area (Å²) in [4.78, 5) is 13.7. The van der Waals surface area contributed by atoms with Crippen LogP contribution < -0.4 is 0 Å². The van der Waals surface area contributed by atoms with Crippen LogP contribution in [0, 0.1) is 5.41 Å². The first kappa shape index (κ1) is 13.0. The van der Waals surface area contributed by atoms with Gasteiger partial charge in [-0.25, -0.2) is 0 Å². The highest BCUT2D eigenvalue weighted by Crippen LogP contribution is 2.37. The number of amides is 1. The number of hydrogen-bond acceptors (Lipinski definition) is 1. The Morgan fingerprint density at radius 1 is 1.27 bits per heavy atom. The first-order valence-corrected chi connectivity index (χ1v) is 7.13. The number of alkyl halides is 1. The molecule has 2 nitrogen and oxygen atoms in total. The Hall–Kier alpha value is -0.0500. The van der Waals surface area contributed by atoms with Crippen molar-refractivity contribution in [3.05, 3.63) is 0 Å². The number of piperidine rings is 1. The van der Waals surface area contributed by atoms with Gasteiger partial charge in [0.25, 0.3) is 0 Å². The second-order valence-electron chi connectivity index (χ2n) is 4.53. The molecule has 0 unspecified atom stereocenters. The van der Waals surface area contributed by atoms with Crippen molar-refractivity contribution in [2.75, 3.05) is 18.4 Å². The third-order valence-corrected chi connectivity index (χ3v) is 4.38. The second kappa shape index (κ2) is 5.88. The lowest BCUT2D eigenvalue weighted by Gasteiger charge is -2.41. The predicted octanol–water partition coefficient (Wildman–Crippen LogP) is 3.20. The molecule has 0 spiro atoms. The minimum atomic E-state index is 0.313. The van der Waals surface area contributed by atoms with Crippen LogP contribution in [0.2, 0.25) is 0 Å². The molecule has 15 heavy (non-hydrogen) atoms. The van der Waals surface area contributed by atoms with Gasteiger partial charge in [0.05, 0.1) is 0 Å². The summed E-state index contributed by atoms with van der Waals surface area (Å²) < 4.78 is 0. The van der Waals surface area contributed by atoms with Crippen LogP contribution in [0.5, 0.6) is 0 Å². The zero-order chi connectivity index (χ0) is 11.3. The summed E-state index contributed by atoms with van der Waals surface area (Å²) in [5.41, 5.74) is 0.519. The maximum atomic E-state index is 11.7. The van der Waals surface area contributed by atoms with E-state index >= 15 is 0 Å². The Bertz CT molecular complexity index is 204. The van der Waals surface area contributed by atoms with E-state index in [0.29, 0.717) is 17.7 Å². The van der Waals surface area contributed by atoms with Crippen LogP contribution in [-0.2, 0) is 4.79 Å². The Labute approximate surface area is 102 Å². The average molecular weight is 276 g/mol. The van der Waals surface area contributed by atoms with Gasteiger partial charge in [-0.3, -0.25) is 4.79 Å². The molecular weight excluding hydrogens is 254 g/mol. The van der Waals surface area contributed by atoms with Gasteiger partial charge in [-0.2, -0.15) is 0 Å². The van der Waals surface area contributed by atoms with Crippen molar-refractivity contribution in [2.24, 2.45) is 5.41 Å². The number of carbonyl (C=O) groups is 1. The third-order valence-electron chi connectivity index (χ3n) is 3.99. The van der Waals surface area contributed by atoms with Crippen LogP contribution >= 0.6 is 15.9 Å². The molecule has 0 aliphatic carbocycles. The molecule has 1 saturated heterocycles. The normalized spacial score (nSPS) is 20.3. The highest BCUT2D eigenvalue weighted by Gasteiger charge is 2.32. The molecule has 1 aliphatic heterocycles. The topological polar surface area (TPSA) is 20.3 Å². The summed E-state index contributed by atoms with van der Waals surface area (Å²) in [5, 5.41) is 0.787. The van der Waals surface area contributed by atoms with Crippen LogP contribution in [0.3, 0.4) is 0 Å². The lowest BCUT2D eigenvalue weighted by molar-refractivity contribution is -0.133. The molecule has 1 fully saturated rings. The van der Waals surface area contributed by atoms with Gasteiger partial charge in [-0.15, -0.1) is 0 Å². The number of halogens is 1.